The van der Waals surface area contributed by atoms with Crippen molar-refractivity contribution in [2.45, 2.75) is 0 Å². The van der Waals surface area contributed by atoms with Gasteiger partial charge in [-0.2, -0.15) is 0 Å². The lowest BCUT2D eigenvalue weighted by Crippen LogP contribution is -2.25. The summed E-state index contributed by atoms with van der Waals surface area (Å²) in [6.07, 6.45) is 2.68. The van der Waals surface area contributed by atoms with Crippen LogP contribution in [0.3, 0.4) is 0 Å². The number of aromatic nitrogens is 2. The molecule has 0 aliphatic carbocycles. The van der Waals surface area contributed by atoms with Crippen molar-refractivity contribution in [1.82, 2.24) is 9.97 Å². The third-order valence-corrected chi connectivity index (χ3v) is 3.29. The van der Waals surface area contributed by atoms with E-state index in [9.17, 15) is 19.7 Å². The van der Waals surface area contributed by atoms with Crippen LogP contribution in [0.4, 0.5) is 5.69 Å². The highest BCUT2D eigenvalue weighted by atomic mass is 16.6. The van der Waals surface area contributed by atoms with E-state index in [2.05, 4.69) is 4.98 Å². The van der Waals surface area contributed by atoms with Crippen molar-refractivity contribution in [3.8, 4) is 17.2 Å². The van der Waals surface area contributed by atoms with Crippen LogP contribution in [0.25, 0.3) is 12.2 Å². The van der Waals surface area contributed by atoms with Crippen molar-refractivity contribution in [3.63, 3.8) is 0 Å². The highest BCUT2D eigenvalue weighted by Crippen LogP contribution is 2.35. The Morgan fingerprint density at radius 3 is 2.12 bits per heavy atom. The normalized spacial score (nSPS) is 10.7. The fraction of sp³-hybridized carbons (Fsp3) is 0.200. The molecule has 0 saturated heterocycles. The first-order valence-corrected chi connectivity index (χ1v) is 6.90. The summed E-state index contributed by atoms with van der Waals surface area (Å²) in [7, 11) is 4.37. The topological polar surface area (TPSA) is 137 Å². The summed E-state index contributed by atoms with van der Waals surface area (Å²) < 4.78 is 15.6. The number of H-pyrrole nitrogens is 2. The van der Waals surface area contributed by atoms with Gasteiger partial charge >= 0.3 is 16.9 Å². The van der Waals surface area contributed by atoms with Crippen LogP contribution in [0.1, 0.15) is 11.3 Å². The first-order valence-electron chi connectivity index (χ1n) is 6.90. The molecule has 25 heavy (non-hydrogen) atoms. The molecule has 0 atom stereocenters. The second-order valence-electron chi connectivity index (χ2n) is 4.71. The minimum atomic E-state index is -1.09. The Balaban J connectivity index is 2.59. The van der Waals surface area contributed by atoms with Crippen molar-refractivity contribution in [2.75, 3.05) is 21.3 Å². The predicted octanol–water partition coefficient (Wildman–Crippen LogP) is 1.17. The molecule has 1 aromatic carbocycles. The summed E-state index contributed by atoms with van der Waals surface area (Å²) in [5, 5.41) is 11.0. The lowest BCUT2D eigenvalue weighted by Gasteiger charge is -2.12. The molecular formula is C15H15N3O7. The molecule has 0 bridgehead atoms. The van der Waals surface area contributed by atoms with E-state index in [0.717, 1.165) is 0 Å². The molecule has 0 spiro atoms. The molecule has 10 nitrogen and oxygen atoms in total. The average Bonchev–Trinajstić information content (AvgIpc) is 2.57. The number of nitrogens with zero attached hydrogens (tertiary/aromatic N) is 1. The number of hydrogen-bond donors (Lipinski definition) is 2. The maximum Gasteiger partial charge on any atom is 0.357 e. The van der Waals surface area contributed by atoms with Gasteiger partial charge in [-0.1, -0.05) is 0 Å². The zero-order valence-electron chi connectivity index (χ0n) is 13.6. The minimum Gasteiger partial charge on any atom is -0.496 e. The van der Waals surface area contributed by atoms with E-state index in [4.69, 9.17) is 14.2 Å². The van der Waals surface area contributed by atoms with Crippen LogP contribution in [0, 0.1) is 10.1 Å². The first kappa shape index (κ1) is 17.8. The molecule has 10 heteroatoms. The first-order chi connectivity index (χ1) is 11.9. The quantitative estimate of drug-likeness (QED) is 0.590. The van der Waals surface area contributed by atoms with Gasteiger partial charge in [0.05, 0.1) is 26.3 Å². The van der Waals surface area contributed by atoms with Gasteiger partial charge in [-0.15, -0.1) is 0 Å². The van der Waals surface area contributed by atoms with Crippen LogP contribution in [0.5, 0.6) is 17.2 Å². The summed E-state index contributed by atoms with van der Waals surface area (Å²) in [4.78, 5) is 37.2. The van der Waals surface area contributed by atoms with Crippen LogP contribution in [0.2, 0.25) is 0 Å². The molecule has 0 saturated carbocycles. The number of methoxy groups -OCH3 is 3. The second-order valence-corrected chi connectivity index (χ2v) is 4.71. The molecule has 2 aromatic rings. The smallest absolute Gasteiger partial charge is 0.357 e. The molecule has 1 aromatic heterocycles. The van der Waals surface area contributed by atoms with Gasteiger partial charge in [0.15, 0.2) is 11.5 Å². The van der Waals surface area contributed by atoms with Gasteiger partial charge in [0, 0.05) is 11.6 Å². The van der Waals surface area contributed by atoms with Gasteiger partial charge in [0.1, 0.15) is 11.4 Å². The van der Waals surface area contributed by atoms with Crippen molar-refractivity contribution in [1.29, 1.82) is 0 Å². The molecule has 0 amide bonds. The third kappa shape index (κ3) is 3.68. The standard InChI is InChI=1S/C15H15N3O7/c1-23-10-7-12(25-3)11(24-2)6-8(10)4-5-9-13(18(21)22)14(19)17-15(20)16-9/h4-7H,1-3H3,(H2,16,17,19,20)/b5-4+. The third-order valence-electron chi connectivity index (χ3n) is 3.29. The number of nitrogens with one attached hydrogen (secondary N) is 2. The largest absolute Gasteiger partial charge is 0.496 e. The molecule has 0 fully saturated rings. The summed E-state index contributed by atoms with van der Waals surface area (Å²) in [5.74, 6) is 1.26. The van der Waals surface area contributed by atoms with Crippen LogP contribution in [-0.4, -0.2) is 36.2 Å². The Morgan fingerprint density at radius 1 is 0.960 bits per heavy atom. The van der Waals surface area contributed by atoms with Gasteiger partial charge in [-0.05, 0) is 18.2 Å². The predicted molar refractivity (Wildman–Crippen MR) is 89.4 cm³/mol. The SMILES string of the molecule is COc1cc(OC)c(OC)cc1/C=C/c1[nH]c(=O)[nH]c(=O)c1[N+](=O)[O-]. The number of hydrogen-bond acceptors (Lipinski definition) is 7. The molecule has 1 heterocycles. The highest BCUT2D eigenvalue weighted by molar-refractivity contribution is 5.75. The average molecular weight is 349 g/mol. The van der Waals surface area contributed by atoms with Crippen molar-refractivity contribution in [3.05, 3.63) is 54.3 Å². The van der Waals surface area contributed by atoms with Gasteiger partial charge in [-0.3, -0.25) is 19.9 Å². The van der Waals surface area contributed by atoms with Gasteiger partial charge in [0.2, 0.25) is 0 Å². The fourth-order valence-corrected chi connectivity index (χ4v) is 2.16. The van der Waals surface area contributed by atoms with Crippen LogP contribution in [-0.2, 0) is 0 Å². The molecular weight excluding hydrogens is 334 g/mol. The monoisotopic (exact) mass is 349 g/mol. The molecule has 2 N–H and O–H groups in total. The van der Waals surface area contributed by atoms with Crippen LogP contribution in [0.15, 0.2) is 21.7 Å². The Kier molecular flexibility index (Phi) is 5.22. The fourth-order valence-electron chi connectivity index (χ4n) is 2.16. The van der Waals surface area contributed by atoms with Crippen LogP contribution >= 0.6 is 0 Å². The van der Waals surface area contributed by atoms with E-state index in [0.29, 0.717) is 22.8 Å². The van der Waals surface area contributed by atoms with E-state index in [1.807, 2.05) is 4.98 Å². The maximum absolute atomic E-state index is 11.6. The van der Waals surface area contributed by atoms with E-state index >= 15 is 0 Å². The Hall–Kier alpha value is -3.56. The van der Waals surface area contributed by atoms with Crippen molar-refractivity contribution in [2.24, 2.45) is 0 Å². The maximum atomic E-state index is 11.6. The highest BCUT2D eigenvalue weighted by Gasteiger charge is 2.19. The summed E-state index contributed by atoms with van der Waals surface area (Å²) >= 11 is 0. The molecule has 132 valence electrons. The molecule has 0 radical (unpaired) electrons. The summed E-state index contributed by atoms with van der Waals surface area (Å²) in [6.45, 7) is 0. The minimum absolute atomic E-state index is 0.240. The lowest BCUT2D eigenvalue weighted by atomic mass is 10.1. The number of rotatable bonds is 6. The number of aromatic amines is 2. The number of ether oxygens (including phenoxy) is 3. The second kappa shape index (κ2) is 7.34. The lowest BCUT2D eigenvalue weighted by molar-refractivity contribution is -0.386. The zero-order chi connectivity index (χ0) is 18.6. The number of benzene rings is 1. The van der Waals surface area contributed by atoms with E-state index in [1.165, 1.54) is 33.5 Å². The zero-order valence-corrected chi connectivity index (χ0v) is 13.6. The Morgan fingerprint density at radius 2 is 1.56 bits per heavy atom. The number of nitro groups is 1. The Labute approximate surface area is 140 Å². The van der Waals surface area contributed by atoms with E-state index < -0.39 is 21.9 Å². The summed E-state index contributed by atoms with van der Waals surface area (Å²) in [6, 6.07) is 3.17. The molecule has 0 aliphatic heterocycles. The van der Waals surface area contributed by atoms with E-state index in [1.54, 1.807) is 12.1 Å². The van der Waals surface area contributed by atoms with Crippen molar-refractivity contribution >= 4 is 17.8 Å². The van der Waals surface area contributed by atoms with Crippen molar-refractivity contribution < 1.29 is 19.1 Å². The summed E-state index contributed by atoms with van der Waals surface area (Å²) in [5.41, 5.74) is -2.45. The van der Waals surface area contributed by atoms with Gasteiger partial charge in [-0.25, -0.2) is 4.79 Å². The van der Waals surface area contributed by atoms with Gasteiger partial charge in [0.25, 0.3) is 0 Å². The van der Waals surface area contributed by atoms with E-state index in [-0.39, 0.29) is 5.69 Å². The molecule has 0 unspecified atom stereocenters. The molecule has 2 rings (SSSR count). The van der Waals surface area contributed by atoms with Gasteiger partial charge < -0.3 is 19.2 Å². The van der Waals surface area contributed by atoms with Crippen LogP contribution < -0.4 is 25.5 Å². The molecule has 0 aliphatic rings. The Bertz CT molecular complexity index is 943.